The van der Waals surface area contributed by atoms with Gasteiger partial charge in [0.15, 0.2) is 0 Å². The van der Waals surface area contributed by atoms with Crippen molar-refractivity contribution in [2.24, 2.45) is 0 Å². The number of aliphatic hydroxyl groups excluding tert-OH is 1. The molecule has 0 fully saturated rings. The molecule has 0 aliphatic rings. The number of benzene rings is 1. The molecule has 1 atom stereocenters. The van der Waals surface area contributed by atoms with E-state index in [4.69, 9.17) is 5.11 Å². The van der Waals surface area contributed by atoms with Crippen molar-refractivity contribution in [3.8, 4) is 0 Å². The molecule has 5 heteroatoms. The van der Waals surface area contributed by atoms with E-state index in [9.17, 15) is 9.18 Å². The van der Waals surface area contributed by atoms with Gasteiger partial charge in [-0.15, -0.1) is 0 Å². The zero-order chi connectivity index (χ0) is 12.1. The molecule has 88 valence electrons. The third-order valence-corrected chi connectivity index (χ3v) is 3.12. The van der Waals surface area contributed by atoms with E-state index in [0.29, 0.717) is 15.6 Å². The molecular formula is C11H13FINO2. The molecule has 0 spiro atoms. The monoisotopic (exact) mass is 337 g/mol. The van der Waals surface area contributed by atoms with Gasteiger partial charge in [0.1, 0.15) is 5.82 Å². The van der Waals surface area contributed by atoms with E-state index < -0.39 is 0 Å². The van der Waals surface area contributed by atoms with Crippen molar-refractivity contribution in [3.63, 3.8) is 0 Å². The highest BCUT2D eigenvalue weighted by Crippen LogP contribution is 2.14. The van der Waals surface area contributed by atoms with Gasteiger partial charge >= 0.3 is 0 Å². The van der Waals surface area contributed by atoms with Crippen LogP contribution >= 0.6 is 22.6 Å². The third kappa shape index (κ3) is 3.41. The number of carbonyl (C=O) groups is 1. The SMILES string of the molecule is CC[C@@H](CO)NC(=O)c1ccc(F)cc1I. The lowest BCUT2D eigenvalue weighted by atomic mass is 10.2. The van der Waals surface area contributed by atoms with Crippen LogP contribution in [0.2, 0.25) is 0 Å². The van der Waals surface area contributed by atoms with Crippen LogP contribution in [-0.4, -0.2) is 23.7 Å². The first-order valence-electron chi connectivity index (χ1n) is 4.95. The van der Waals surface area contributed by atoms with Crippen LogP contribution in [0.5, 0.6) is 0 Å². The fourth-order valence-corrected chi connectivity index (χ4v) is 1.94. The summed E-state index contributed by atoms with van der Waals surface area (Å²) in [6.07, 6.45) is 0.653. The summed E-state index contributed by atoms with van der Waals surface area (Å²) >= 11 is 1.91. The molecule has 1 amide bonds. The van der Waals surface area contributed by atoms with E-state index in [0.717, 1.165) is 0 Å². The van der Waals surface area contributed by atoms with Crippen molar-refractivity contribution in [3.05, 3.63) is 33.1 Å². The van der Waals surface area contributed by atoms with Gasteiger partial charge in [0.2, 0.25) is 0 Å². The highest BCUT2D eigenvalue weighted by Gasteiger charge is 2.14. The van der Waals surface area contributed by atoms with E-state index in [2.05, 4.69) is 5.32 Å². The number of aliphatic hydroxyl groups is 1. The van der Waals surface area contributed by atoms with Gasteiger partial charge < -0.3 is 10.4 Å². The summed E-state index contributed by atoms with van der Waals surface area (Å²) in [6.45, 7) is 1.77. The summed E-state index contributed by atoms with van der Waals surface area (Å²) in [4.78, 5) is 11.8. The topological polar surface area (TPSA) is 49.3 Å². The molecule has 0 bridgehead atoms. The first-order valence-corrected chi connectivity index (χ1v) is 6.03. The maximum absolute atomic E-state index is 12.8. The Balaban J connectivity index is 2.80. The number of halogens is 2. The lowest BCUT2D eigenvalue weighted by Crippen LogP contribution is -2.37. The van der Waals surface area contributed by atoms with Crippen molar-refractivity contribution in [2.75, 3.05) is 6.61 Å². The minimum absolute atomic E-state index is 0.0972. The lowest BCUT2D eigenvalue weighted by Gasteiger charge is -2.14. The van der Waals surface area contributed by atoms with Gasteiger partial charge in [0.25, 0.3) is 5.91 Å². The second-order valence-corrected chi connectivity index (χ2v) is 4.55. The molecule has 1 rings (SSSR count). The van der Waals surface area contributed by atoms with Crippen LogP contribution in [0.15, 0.2) is 18.2 Å². The van der Waals surface area contributed by atoms with Gasteiger partial charge in [0.05, 0.1) is 18.2 Å². The van der Waals surface area contributed by atoms with E-state index in [1.54, 1.807) is 0 Å². The fraction of sp³-hybridized carbons (Fsp3) is 0.364. The highest BCUT2D eigenvalue weighted by atomic mass is 127. The molecule has 2 N–H and O–H groups in total. The zero-order valence-electron chi connectivity index (χ0n) is 8.84. The maximum Gasteiger partial charge on any atom is 0.252 e. The molecule has 0 aromatic heterocycles. The van der Waals surface area contributed by atoms with Crippen LogP contribution in [0.1, 0.15) is 23.7 Å². The van der Waals surface area contributed by atoms with Crippen molar-refractivity contribution in [1.29, 1.82) is 0 Å². The minimum atomic E-state index is -0.366. The number of rotatable bonds is 4. The molecule has 3 nitrogen and oxygen atoms in total. The Morgan fingerprint density at radius 1 is 1.62 bits per heavy atom. The van der Waals surface area contributed by atoms with Crippen LogP contribution in [0.3, 0.4) is 0 Å². The molecule has 1 aromatic carbocycles. The van der Waals surface area contributed by atoms with Gasteiger partial charge in [-0.2, -0.15) is 0 Å². The van der Waals surface area contributed by atoms with Gasteiger partial charge in [-0.1, -0.05) is 6.92 Å². The van der Waals surface area contributed by atoms with Crippen molar-refractivity contribution in [2.45, 2.75) is 19.4 Å². The van der Waals surface area contributed by atoms with E-state index in [-0.39, 0.29) is 24.4 Å². The molecule has 0 radical (unpaired) electrons. The summed E-state index contributed by atoms with van der Waals surface area (Å²) in [5.41, 5.74) is 0.425. The van der Waals surface area contributed by atoms with Crippen LogP contribution < -0.4 is 5.32 Å². The first kappa shape index (κ1) is 13.4. The molecule has 0 unspecified atom stereocenters. The van der Waals surface area contributed by atoms with Gasteiger partial charge in [-0.25, -0.2) is 4.39 Å². The standard InChI is InChI=1S/C11H13FINO2/c1-2-8(6-15)14-11(16)9-4-3-7(12)5-10(9)13/h3-5,8,15H,2,6H2,1H3,(H,14,16)/t8-/m0/s1. The van der Waals surface area contributed by atoms with Crippen LogP contribution in [-0.2, 0) is 0 Å². The smallest absolute Gasteiger partial charge is 0.252 e. The van der Waals surface area contributed by atoms with Crippen molar-refractivity contribution < 1.29 is 14.3 Å². The first-order chi connectivity index (χ1) is 7.58. The Labute approximate surface area is 107 Å². The second-order valence-electron chi connectivity index (χ2n) is 3.39. The molecule has 16 heavy (non-hydrogen) atoms. The summed E-state index contributed by atoms with van der Waals surface area (Å²) in [7, 11) is 0. The Morgan fingerprint density at radius 3 is 2.81 bits per heavy atom. The average Bonchev–Trinajstić information content (AvgIpc) is 2.25. The number of nitrogens with one attached hydrogen (secondary N) is 1. The summed E-state index contributed by atoms with van der Waals surface area (Å²) in [5, 5.41) is 11.6. The number of amides is 1. The zero-order valence-corrected chi connectivity index (χ0v) is 11.0. The Morgan fingerprint density at radius 2 is 2.31 bits per heavy atom. The summed E-state index contributed by atoms with van der Waals surface area (Å²) in [5.74, 6) is -0.652. The molecule has 0 aliphatic carbocycles. The van der Waals surface area contributed by atoms with Gasteiger partial charge in [0, 0.05) is 3.57 Å². The Hall–Kier alpha value is -0.690. The van der Waals surface area contributed by atoms with Crippen molar-refractivity contribution in [1.82, 2.24) is 5.32 Å². The summed E-state index contributed by atoms with van der Waals surface area (Å²) < 4.78 is 13.4. The predicted molar refractivity (Wildman–Crippen MR) is 67.7 cm³/mol. The molecule has 0 heterocycles. The maximum atomic E-state index is 12.8. The van der Waals surface area contributed by atoms with E-state index in [1.807, 2.05) is 29.5 Å². The minimum Gasteiger partial charge on any atom is -0.394 e. The number of carbonyl (C=O) groups excluding carboxylic acids is 1. The molecule has 0 saturated heterocycles. The lowest BCUT2D eigenvalue weighted by molar-refractivity contribution is 0.0914. The largest absolute Gasteiger partial charge is 0.394 e. The molecule has 1 aromatic rings. The quantitative estimate of drug-likeness (QED) is 0.825. The average molecular weight is 337 g/mol. The predicted octanol–water partition coefficient (Wildman–Crippen LogP) is 1.93. The van der Waals surface area contributed by atoms with Gasteiger partial charge in [-0.3, -0.25) is 4.79 Å². The van der Waals surface area contributed by atoms with E-state index >= 15 is 0 Å². The van der Waals surface area contributed by atoms with Gasteiger partial charge in [-0.05, 0) is 47.2 Å². The fourth-order valence-electron chi connectivity index (χ4n) is 1.21. The third-order valence-electron chi connectivity index (χ3n) is 2.22. The highest BCUT2D eigenvalue weighted by molar-refractivity contribution is 14.1. The number of hydrogen-bond acceptors (Lipinski definition) is 2. The number of hydrogen-bond donors (Lipinski definition) is 2. The van der Waals surface area contributed by atoms with Crippen LogP contribution in [0, 0.1) is 9.39 Å². The van der Waals surface area contributed by atoms with Crippen molar-refractivity contribution >= 4 is 28.5 Å². The molecular weight excluding hydrogens is 324 g/mol. The normalized spacial score (nSPS) is 12.2. The second kappa shape index (κ2) is 6.15. The molecule has 0 saturated carbocycles. The van der Waals surface area contributed by atoms with Crippen LogP contribution in [0.25, 0.3) is 0 Å². The summed E-state index contributed by atoms with van der Waals surface area (Å²) in [6, 6.07) is 3.73. The Bertz CT molecular complexity index is 380. The Kier molecular flexibility index (Phi) is 5.14. The van der Waals surface area contributed by atoms with Crippen LogP contribution in [0.4, 0.5) is 4.39 Å². The molecule has 0 aliphatic heterocycles. The van der Waals surface area contributed by atoms with E-state index in [1.165, 1.54) is 18.2 Å².